The number of benzene rings is 2. The maximum Gasteiger partial charge on any atom is 0.459 e. The Morgan fingerprint density at radius 1 is 1.24 bits per heavy atom. The standard InChI is InChI=1S/C25H28N7O9P/c1-16(23(35)38-14-17-8-4-2-5-9-17)29-42(37,41-18-10-6-3-7-11-18)39-15-25(30-31-27)21(34)20(33)22(40-25)32-13-12-19(26)28-24(32)36/h2-13,16,20-22,33-34H,14-15H2,1H3,(H,29,37)(H2,26,28,36)/t16-,20-,21+,22?,25-,42?/m1/s1. The second kappa shape index (κ2) is 13.1. The Morgan fingerprint density at radius 3 is 2.55 bits per heavy atom. The Hall–Kier alpha value is -4.27. The van der Waals surface area contributed by atoms with Crippen LogP contribution in [0.15, 0.2) is 82.8 Å². The number of hydrogen-bond acceptors (Lipinski definition) is 12. The zero-order chi connectivity index (χ0) is 30.3. The highest BCUT2D eigenvalue weighted by Crippen LogP contribution is 2.48. The molecule has 1 saturated heterocycles. The summed E-state index contributed by atoms with van der Waals surface area (Å²) in [5.41, 5.74) is 12.2. The van der Waals surface area contributed by atoms with E-state index in [9.17, 15) is 29.9 Å². The minimum Gasteiger partial charge on any atom is -0.460 e. The molecule has 0 bridgehead atoms. The summed E-state index contributed by atoms with van der Waals surface area (Å²) in [5, 5.41) is 27.5. The number of esters is 1. The average molecular weight is 602 g/mol. The van der Waals surface area contributed by atoms with Crippen molar-refractivity contribution in [2.75, 3.05) is 12.3 Å². The molecule has 2 aromatic carbocycles. The van der Waals surface area contributed by atoms with Gasteiger partial charge in [0.25, 0.3) is 0 Å². The Bertz CT molecular complexity index is 1540. The number of hydrogen-bond donors (Lipinski definition) is 4. The van der Waals surface area contributed by atoms with E-state index in [0.29, 0.717) is 0 Å². The van der Waals surface area contributed by atoms with Gasteiger partial charge in [0.2, 0.25) is 5.72 Å². The second-order valence-corrected chi connectivity index (χ2v) is 10.8. The highest BCUT2D eigenvalue weighted by molar-refractivity contribution is 7.52. The van der Waals surface area contributed by atoms with Crippen molar-refractivity contribution >= 4 is 19.5 Å². The predicted molar refractivity (Wildman–Crippen MR) is 146 cm³/mol. The number of nitrogens with two attached hydrogens (primary N) is 1. The molecule has 1 aliphatic rings. The minimum absolute atomic E-state index is 0.0466. The van der Waals surface area contributed by atoms with Crippen LogP contribution in [0.4, 0.5) is 5.82 Å². The fourth-order valence-electron chi connectivity index (χ4n) is 3.95. The number of carbonyl (C=O) groups is 1. The summed E-state index contributed by atoms with van der Waals surface area (Å²) in [6, 6.07) is 16.7. The van der Waals surface area contributed by atoms with Crippen LogP contribution in [-0.2, 0) is 30.0 Å². The van der Waals surface area contributed by atoms with Gasteiger partial charge in [-0.1, -0.05) is 53.6 Å². The number of nitrogen functional groups attached to an aromatic ring is 1. The summed E-state index contributed by atoms with van der Waals surface area (Å²) in [6.07, 6.45) is -4.23. The number of aromatic nitrogens is 2. The number of anilines is 1. The van der Waals surface area contributed by atoms with Crippen LogP contribution >= 0.6 is 7.75 Å². The van der Waals surface area contributed by atoms with Crippen LogP contribution in [0.1, 0.15) is 18.7 Å². The molecular weight excluding hydrogens is 573 g/mol. The van der Waals surface area contributed by atoms with E-state index in [4.69, 9.17) is 24.3 Å². The average Bonchev–Trinajstić information content (AvgIpc) is 3.21. The predicted octanol–water partition coefficient (Wildman–Crippen LogP) is 2.01. The molecule has 2 heterocycles. The van der Waals surface area contributed by atoms with Crippen molar-refractivity contribution in [2.24, 2.45) is 5.11 Å². The molecule has 1 aliphatic heterocycles. The molecule has 0 saturated carbocycles. The molecule has 1 aromatic heterocycles. The molecule has 5 N–H and O–H groups in total. The molecule has 42 heavy (non-hydrogen) atoms. The van der Waals surface area contributed by atoms with E-state index < -0.39 is 56.2 Å². The first kappa shape index (κ1) is 30.7. The van der Waals surface area contributed by atoms with Crippen molar-refractivity contribution in [1.82, 2.24) is 14.6 Å². The zero-order valence-corrected chi connectivity index (χ0v) is 23.1. The number of aliphatic hydroxyl groups is 2. The molecule has 2 unspecified atom stereocenters. The molecular formula is C25H28N7O9P. The van der Waals surface area contributed by atoms with E-state index in [1.54, 1.807) is 42.5 Å². The molecule has 222 valence electrons. The minimum atomic E-state index is -4.52. The number of rotatable bonds is 12. The van der Waals surface area contributed by atoms with Gasteiger partial charge < -0.3 is 29.9 Å². The van der Waals surface area contributed by atoms with E-state index in [2.05, 4.69) is 20.1 Å². The zero-order valence-electron chi connectivity index (χ0n) is 22.2. The summed E-state index contributed by atoms with van der Waals surface area (Å²) in [6.45, 7) is 0.364. The summed E-state index contributed by atoms with van der Waals surface area (Å²) < 4.78 is 36.8. The Morgan fingerprint density at radius 2 is 1.90 bits per heavy atom. The Labute approximate surface area is 238 Å². The third kappa shape index (κ3) is 7.13. The van der Waals surface area contributed by atoms with Gasteiger partial charge >= 0.3 is 19.4 Å². The van der Waals surface area contributed by atoms with Gasteiger partial charge in [0.05, 0.1) is 6.61 Å². The van der Waals surface area contributed by atoms with Gasteiger partial charge in [-0.3, -0.25) is 13.9 Å². The van der Waals surface area contributed by atoms with Crippen molar-refractivity contribution in [3.8, 4) is 5.75 Å². The summed E-state index contributed by atoms with van der Waals surface area (Å²) in [5.74, 6) is -0.802. The van der Waals surface area contributed by atoms with Gasteiger partial charge in [0.15, 0.2) is 6.23 Å². The van der Waals surface area contributed by atoms with Crippen LogP contribution in [0, 0.1) is 0 Å². The summed E-state index contributed by atoms with van der Waals surface area (Å²) >= 11 is 0. The van der Waals surface area contributed by atoms with Gasteiger partial charge in [-0.15, -0.1) is 0 Å². The Kier molecular flexibility index (Phi) is 9.60. The quantitative estimate of drug-likeness (QED) is 0.0767. The molecule has 0 amide bonds. The fraction of sp³-hybridized carbons (Fsp3) is 0.320. The van der Waals surface area contributed by atoms with Crippen LogP contribution < -0.4 is 21.0 Å². The topological polar surface area (TPSA) is 233 Å². The number of ether oxygens (including phenoxy) is 2. The molecule has 6 atom stereocenters. The van der Waals surface area contributed by atoms with Gasteiger partial charge in [-0.2, -0.15) is 10.1 Å². The second-order valence-electron chi connectivity index (χ2n) is 9.14. The van der Waals surface area contributed by atoms with E-state index in [1.165, 1.54) is 25.1 Å². The molecule has 0 radical (unpaired) electrons. The summed E-state index contributed by atoms with van der Waals surface area (Å²) in [7, 11) is -4.52. The largest absolute Gasteiger partial charge is 0.460 e. The molecule has 1 fully saturated rings. The number of nitrogens with one attached hydrogen (secondary N) is 1. The maximum atomic E-state index is 13.9. The smallest absolute Gasteiger partial charge is 0.459 e. The van der Waals surface area contributed by atoms with Gasteiger partial charge in [-0.05, 0) is 36.2 Å². The highest BCUT2D eigenvalue weighted by atomic mass is 31.2. The van der Waals surface area contributed by atoms with Crippen molar-refractivity contribution in [1.29, 1.82) is 0 Å². The van der Waals surface area contributed by atoms with Crippen molar-refractivity contribution in [2.45, 2.75) is 43.7 Å². The monoisotopic (exact) mass is 601 g/mol. The molecule has 0 spiro atoms. The van der Waals surface area contributed by atoms with Gasteiger partial charge in [-0.25, -0.2) is 9.36 Å². The molecule has 16 nitrogen and oxygen atoms in total. The number of aliphatic hydroxyl groups excluding tert-OH is 2. The third-order valence-electron chi connectivity index (χ3n) is 6.08. The lowest BCUT2D eigenvalue weighted by Crippen LogP contribution is -2.45. The van der Waals surface area contributed by atoms with E-state index >= 15 is 0 Å². The van der Waals surface area contributed by atoms with E-state index in [1.807, 2.05) is 6.07 Å². The first-order valence-corrected chi connectivity index (χ1v) is 14.0. The number of para-hydroxylation sites is 1. The molecule has 17 heteroatoms. The van der Waals surface area contributed by atoms with Crippen LogP contribution in [0.3, 0.4) is 0 Å². The first-order chi connectivity index (χ1) is 20.1. The van der Waals surface area contributed by atoms with Crippen LogP contribution in [0.5, 0.6) is 5.75 Å². The van der Waals surface area contributed by atoms with E-state index in [0.717, 1.165) is 16.3 Å². The van der Waals surface area contributed by atoms with Crippen LogP contribution in [0.25, 0.3) is 10.4 Å². The lowest BCUT2D eigenvalue weighted by Gasteiger charge is -2.29. The Balaban J connectivity index is 1.55. The third-order valence-corrected chi connectivity index (χ3v) is 7.71. The lowest BCUT2D eigenvalue weighted by atomic mass is 10.1. The normalized spacial score (nSPS) is 23.7. The first-order valence-electron chi connectivity index (χ1n) is 12.5. The maximum absolute atomic E-state index is 13.9. The van der Waals surface area contributed by atoms with E-state index in [-0.39, 0.29) is 18.2 Å². The number of azide groups is 1. The van der Waals surface area contributed by atoms with Gasteiger partial charge in [0.1, 0.15) is 36.4 Å². The fourth-order valence-corrected chi connectivity index (χ4v) is 5.46. The van der Waals surface area contributed by atoms with Crippen LogP contribution in [0.2, 0.25) is 0 Å². The number of carbonyl (C=O) groups excluding carboxylic acids is 1. The number of nitrogens with zero attached hydrogens (tertiary/aromatic N) is 5. The lowest BCUT2D eigenvalue weighted by molar-refractivity contribution is -0.146. The molecule has 4 rings (SSSR count). The highest BCUT2D eigenvalue weighted by Gasteiger charge is 2.56. The van der Waals surface area contributed by atoms with Crippen molar-refractivity contribution < 1.29 is 38.1 Å². The van der Waals surface area contributed by atoms with Crippen molar-refractivity contribution in [3.05, 3.63) is 99.4 Å². The SMILES string of the molecule is C[C@@H](NP(=O)(OC[C@@]1(N=[N+]=[N-])OC(n2ccc(N)nc2=O)[C@H](O)[C@@H]1O)Oc1ccccc1)C(=O)OCc1ccccc1. The molecule has 0 aliphatic carbocycles. The van der Waals surface area contributed by atoms with Crippen molar-refractivity contribution in [3.63, 3.8) is 0 Å². The van der Waals surface area contributed by atoms with Crippen LogP contribution in [-0.4, -0.2) is 56.3 Å². The summed E-state index contributed by atoms with van der Waals surface area (Å²) in [4.78, 5) is 31.3. The molecule has 3 aromatic rings. The van der Waals surface area contributed by atoms with Gasteiger partial charge in [0, 0.05) is 11.1 Å².